The maximum atomic E-state index is 11.9. The molecule has 0 saturated heterocycles. The number of carbonyl (C=O) groups excluding carboxylic acids is 1. The molecule has 0 aliphatic carbocycles. The molecule has 0 unspecified atom stereocenters. The first kappa shape index (κ1) is 19.4. The number of pyridine rings is 1. The van der Waals surface area contributed by atoms with E-state index in [0.29, 0.717) is 19.7 Å². The Morgan fingerprint density at radius 3 is 2.39 bits per heavy atom. The van der Waals surface area contributed by atoms with E-state index in [0.717, 1.165) is 23.4 Å². The van der Waals surface area contributed by atoms with Gasteiger partial charge in [0.25, 0.3) is 0 Å². The van der Waals surface area contributed by atoms with Gasteiger partial charge < -0.3 is 15.4 Å². The zero-order valence-corrected chi connectivity index (χ0v) is 16.0. The number of amides is 2. The van der Waals surface area contributed by atoms with E-state index in [1.165, 1.54) is 11.1 Å². The van der Waals surface area contributed by atoms with Crippen molar-refractivity contribution in [1.29, 1.82) is 0 Å². The van der Waals surface area contributed by atoms with Gasteiger partial charge in [0.15, 0.2) is 0 Å². The summed E-state index contributed by atoms with van der Waals surface area (Å²) >= 11 is 0. The molecular weight excluding hydrogens is 350 g/mol. The lowest BCUT2D eigenvalue weighted by Gasteiger charge is -2.09. The first-order chi connectivity index (χ1) is 13.7. The number of hydrogen-bond donors (Lipinski definition) is 2. The van der Waals surface area contributed by atoms with E-state index in [9.17, 15) is 4.79 Å². The van der Waals surface area contributed by atoms with Gasteiger partial charge in [-0.25, -0.2) is 4.79 Å². The number of aryl methyl sites for hydroxylation is 1. The summed E-state index contributed by atoms with van der Waals surface area (Å²) in [4.78, 5) is 16.2. The molecule has 0 spiro atoms. The highest BCUT2D eigenvalue weighted by Gasteiger charge is 2.02. The van der Waals surface area contributed by atoms with Crippen molar-refractivity contribution >= 4 is 6.03 Å². The van der Waals surface area contributed by atoms with Crippen LogP contribution in [0, 0.1) is 6.92 Å². The summed E-state index contributed by atoms with van der Waals surface area (Å²) in [6.07, 6.45) is 2.56. The van der Waals surface area contributed by atoms with Crippen molar-refractivity contribution in [2.24, 2.45) is 0 Å². The highest BCUT2D eigenvalue weighted by Crippen LogP contribution is 2.13. The van der Waals surface area contributed by atoms with Crippen LogP contribution in [0.1, 0.15) is 22.4 Å². The van der Waals surface area contributed by atoms with Crippen molar-refractivity contribution in [3.05, 3.63) is 95.3 Å². The van der Waals surface area contributed by atoms with Crippen LogP contribution in [0.15, 0.2) is 72.9 Å². The molecule has 0 aliphatic heterocycles. The van der Waals surface area contributed by atoms with E-state index in [1.54, 1.807) is 6.20 Å². The number of urea groups is 1. The quantitative estimate of drug-likeness (QED) is 0.625. The standard InChI is InChI=1S/C23H25N3O2/c1-18-5-7-19(8-6-18)13-15-25-23(27)26-16-20-9-11-22(12-10-20)28-17-21-4-2-3-14-24-21/h2-12,14H,13,15-17H2,1H3,(H2,25,26,27). The molecule has 0 atom stereocenters. The smallest absolute Gasteiger partial charge is 0.315 e. The Morgan fingerprint density at radius 2 is 1.68 bits per heavy atom. The van der Waals surface area contributed by atoms with Gasteiger partial charge in [-0.3, -0.25) is 4.98 Å². The minimum atomic E-state index is -0.164. The molecule has 2 N–H and O–H groups in total. The maximum Gasteiger partial charge on any atom is 0.315 e. The Hall–Kier alpha value is -3.34. The van der Waals surface area contributed by atoms with Gasteiger partial charge in [0.1, 0.15) is 12.4 Å². The second kappa shape index (κ2) is 10.1. The Kier molecular flexibility index (Phi) is 7.01. The highest BCUT2D eigenvalue weighted by atomic mass is 16.5. The second-order valence-electron chi connectivity index (χ2n) is 6.60. The number of aromatic nitrogens is 1. The molecule has 0 bridgehead atoms. The number of hydrogen-bond acceptors (Lipinski definition) is 3. The zero-order chi connectivity index (χ0) is 19.6. The molecule has 0 aliphatic rings. The van der Waals surface area contributed by atoms with Crippen molar-refractivity contribution < 1.29 is 9.53 Å². The van der Waals surface area contributed by atoms with Crippen LogP contribution in [-0.2, 0) is 19.6 Å². The van der Waals surface area contributed by atoms with E-state index in [-0.39, 0.29) is 6.03 Å². The van der Waals surface area contributed by atoms with Crippen LogP contribution in [0.3, 0.4) is 0 Å². The van der Waals surface area contributed by atoms with Crippen LogP contribution in [0.5, 0.6) is 5.75 Å². The number of rotatable bonds is 8. The molecule has 0 saturated carbocycles. The van der Waals surface area contributed by atoms with Crippen molar-refractivity contribution in [3.8, 4) is 5.75 Å². The molecule has 0 fully saturated rings. The predicted octanol–water partition coefficient (Wildman–Crippen LogP) is 4.01. The molecule has 1 heterocycles. The predicted molar refractivity (Wildman–Crippen MR) is 110 cm³/mol. The van der Waals surface area contributed by atoms with E-state index in [1.807, 2.05) is 42.5 Å². The van der Waals surface area contributed by atoms with Gasteiger partial charge in [0.05, 0.1) is 5.69 Å². The molecule has 0 radical (unpaired) electrons. The highest BCUT2D eigenvalue weighted by molar-refractivity contribution is 5.73. The molecule has 1 aromatic heterocycles. The summed E-state index contributed by atoms with van der Waals surface area (Å²) in [5.74, 6) is 0.775. The van der Waals surface area contributed by atoms with Gasteiger partial charge in [0, 0.05) is 19.3 Å². The molecule has 3 aromatic rings. The minimum absolute atomic E-state index is 0.164. The Labute approximate surface area is 165 Å². The number of ether oxygens (including phenoxy) is 1. The van der Waals surface area contributed by atoms with Crippen LogP contribution in [0.25, 0.3) is 0 Å². The summed E-state index contributed by atoms with van der Waals surface area (Å²) < 4.78 is 5.71. The zero-order valence-electron chi connectivity index (χ0n) is 16.0. The summed E-state index contributed by atoms with van der Waals surface area (Å²) in [7, 11) is 0. The van der Waals surface area contributed by atoms with Crippen molar-refractivity contribution in [2.45, 2.75) is 26.5 Å². The third kappa shape index (κ3) is 6.43. The lowest BCUT2D eigenvalue weighted by molar-refractivity contribution is 0.240. The Bertz CT molecular complexity index is 863. The van der Waals surface area contributed by atoms with Crippen LogP contribution < -0.4 is 15.4 Å². The topological polar surface area (TPSA) is 63.2 Å². The summed E-state index contributed by atoms with van der Waals surface area (Å²) in [5, 5.41) is 5.75. The molecule has 2 aromatic carbocycles. The lowest BCUT2D eigenvalue weighted by Crippen LogP contribution is -2.36. The van der Waals surface area contributed by atoms with Crippen LogP contribution in [0.2, 0.25) is 0 Å². The Balaban J connectivity index is 1.35. The van der Waals surface area contributed by atoms with Crippen LogP contribution >= 0.6 is 0 Å². The average molecular weight is 375 g/mol. The van der Waals surface area contributed by atoms with Crippen molar-refractivity contribution in [2.75, 3.05) is 6.54 Å². The lowest BCUT2D eigenvalue weighted by atomic mass is 10.1. The number of nitrogens with zero attached hydrogens (tertiary/aromatic N) is 1. The molecule has 3 rings (SSSR count). The molecule has 144 valence electrons. The number of nitrogens with one attached hydrogen (secondary N) is 2. The van der Waals surface area contributed by atoms with Crippen LogP contribution in [-0.4, -0.2) is 17.6 Å². The maximum absolute atomic E-state index is 11.9. The van der Waals surface area contributed by atoms with Gasteiger partial charge in [-0.15, -0.1) is 0 Å². The normalized spacial score (nSPS) is 10.3. The van der Waals surface area contributed by atoms with Gasteiger partial charge in [0.2, 0.25) is 0 Å². The van der Waals surface area contributed by atoms with Gasteiger partial charge in [-0.05, 0) is 48.7 Å². The first-order valence-electron chi connectivity index (χ1n) is 9.38. The molecule has 5 heteroatoms. The Morgan fingerprint density at radius 1 is 0.929 bits per heavy atom. The van der Waals surface area contributed by atoms with Crippen LogP contribution in [0.4, 0.5) is 4.79 Å². The third-order valence-corrected chi connectivity index (χ3v) is 4.31. The monoisotopic (exact) mass is 375 g/mol. The molecule has 5 nitrogen and oxygen atoms in total. The van der Waals surface area contributed by atoms with E-state index < -0.39 is 0 Å². The summed E-state index contributed by atoms with van der Waals surface area (Å²) in [6, 6.07) is 21.6. The third-order valence-electron chi connectivity index (χ3n) is 4.31. The van der Waals surface area contributed by atoms with Gasteiger partial charge in [-0.1, -0.05) is 48.0 Å². The molecular formula is C23H25N3O2. The summed E-state index contributed by atoms with van der Waals surface area (Å²) in [5.41, 5.74) is 4.35. The fraction of sp³-hybridized carbons (Fsp3) is 0.217. The molecule has 28 heavy (non-hydrogen) atoms. The van der Waals surface area contributed by atoms with Crippen molar-refractivity contribution in [3.63, 3.8) is 0 Å². The summed E-state index contributed by atoms with van der Waals surface area (Å²) in [6.45, 7) is 3.57. The van der Waals surface area contributed by atoms with Gasteiger partial charge in [-0.2, -0.15) is 0 Å². The number of carbonyl (C=O) groups is 1. The van der Waals surface area contributed by atoms with E-state index in [4.69, 9.17) is 4.74 Å². The van der Waals surface area contributed by atoms with Gasteiger partial charge >= 0.3 is 6.03 Å². The molecule has 2 amide bonds. The fourth-order valence-corrected chi connectivity index (χ4v) is 2.66. The minimum Gasteiger partial charge on any atom is -0.487 e. The van der Waals surface area contributed by atoms with Crippen molar-refractivity contribution in [1.82, 2.24) is 15.6 Å². The second-order valence-corrected chi connectivity index (χ2v) is 6.60. The van der Waals surface area contributed by atoms with E-state index >= 15 is 0 Å². The SMILES string of the molecule is Cc1ccc(CCNC(=O)NCc2ccc(OCc3ccccn3)cc2)cc1. The number of benzene rings is 2. The fourth-order valence-electron chi connectivity index (χ4n) is 2.66. The largest absolute Gasteiger partial charge is 0.487 e. The van der Waals surface area contributed by atoms with E-state index in [2.05, 4.69) is 46.8 Å². The first-order valence-corrected chi connectivity index (χ1v) is 9.38. The average Bonchev–Trinajstić information content (AvgIpc) is 2.74.